The Morgan fingerprint density at radius 1 is 1.14 bits per heavy atom. The van der Waals surface area contributed by atoms with Crippen molar-refractivity contribution in [3.8, 4) is 5.69 Å². The van der Waals surface area contributed by atoms with Crippen LogP contribution in [0.2, 0.25) is 0 Å². The third kappa shape index (κ3) is 2.30. The highest BCUT2D eigenvalue weighted by Gasteiger charge is 2.53. The fraction of sp³-hybridized carbons (Fsp3) is 0.375. The molecule has 2 aliphatic rings. The van der Waals surface area contributed by atoms with E-state index in [1.165, 1.54) is 10.1 Å². The molecule has 1 aromatic carbocycles. The highest BCUT2D eigenvalue weighted by molar-refractivity contribution is 5.36. The third-order valence-electron chi connectivity index (χ3n) is 4.78. The van der Waals surface area contributed by atoms with Gasteiger partial charge in [-0.25, -0.2) is 4.79 Å². The predicted molar refractivity (Wildman–Crippen MR) is 84.5 cm³/mol. The van der Waals surface area contributed by atoms with Crippen LogP contribution in [0.1, 0.15) is 5.56 Å². The summed E-state index contributed by atoms with van der Waals surface area (Å²) in [7, 11) is 0. The van der Waals surface area contributed by atoms with Crippen molar-refractivity contribution >= 4 is 5.82 Å². The van der Waals surface area contributed by atoms with Gasteiger partial charge >= 0.3 is 5.69 Å². The molecule has 4 rings (SSSR count). The first-order valence-corrected chi connectivity index (χ1v) is 7.54. The van der Waals surface area contributed by atoms with Crippen LogP contribution in [0.4, 0.5) is 5.82 Å². The number of benzene rings is 1. The first kappa shape index (κ1) is 13.5. The molecule has 6 nitrogen and oxygen atoms in total. The summed E-state index contributed by atoms with van der Waals surface area (Å²) in [6, 6.07) is 10.1. The van der Waals surface area contributed by atoms with E-state index >= 15 is 0 Å². The predicted octanol–water partition coefficient (Wildman–Crippen LogP) is 0.204. The summed E-state index contributed by atoms with van der Waals surface area (Å²) in [6.45, 7) is 3.15. The molecule has 0 bridgehead atoms. The second-order valence-corrected chi connectivity index (χ2v) is 6.27. The van der Waals surface area contributed by atoms with Crippen molar-refractivity contribution in [2.24, 2.45) is 17.6 Å². The zero-order valence-corrected chi connectivity index (χ0v) is 12.2. The number of aromatic nitrogens is 2. The molecule has 0 spiro atoms. The van der Waals surface area contributed by atoms with E-state index in [2.05, 4.69) is 22.0 Å². The molecule has 22 heavy (non-hydrogen) atoms. The first-order chi connectivity index (χ1) is 10.6. The van der Waals surface area contributed by atoms with Crippen molar-refractivity contribution in [3.63, 3.8) is 0 Å². The minimum absolute atomic E-state index is 0.240. The standard InChI is InChI=1S/C16H19N5O/c17-14-5-6-21(16(22)19-14)11-3-1-10(2-4-11)7-20-8-12-13(9-20)15(12)18/h1-6,12-13,15H,7-9,18H2,(H2,17,19,22)/t12-,13+,15+. The van der Waals surface area contributed by atoms with Gasteiger partial charge in [0.05, 0.1) is 5.69 Å². The van der Waals surface area contributed by atoms with Crippen LogP contribution >= 0.6 is 0 Å². The number of likely N-dealkylation sites (tertiary alicyclic amines) is 1. The molecule has 2 fully saturated rings. The van der Waals surface area contributed by atoms with Crippen molar-refractivity contribution in [1.29, 1.82) is 0 Å². The zero-order valence-electron chi connectivity index (χ0n) is 12.2. The summed E-state index contributed by atoms with van der Waals surface area (Å²) in [6.07, 6.45) is 1.65. The zero-order chi connectivity index (χ0) is 15.3. The lowest BCUT2D eigenvalue weighted by atomic mass is 10.2. The van der Waals surface area contributed by atoms with E-state index in [1.54, 1.807) is 12.3 Å². The SMILES string of the molecule is Nc1ccn(-c2ccc(CN3C[C@@H]4[C@@H](N)[C@@H]4C3)cc2)c(=O)n1. The molecule has 3 atom stereocenters. The molecule has 2 aromatic rings. The number of nitrogens with two attached hydrogens (primary N) is 2. The van der Waals surface area contributed by atoms with Gasteiger partial charge in [0, 0.05) is 31.9 Å². The third-order valence-corrected chi connectivity index (χ3v) is 4.78. The van der Waals surface area contributed by atoms with Gasteiger partial charge in [0.25, 0.3) is 0 Å². The van der Waals surface area contributed by atoms with E-state index in [4.69, 9.17) is 11.5 Å². The molecule has 2 heterocycles. The Balaban J connectivity index is 1.47. The molecule has 0 radical (unpaired) electrons. The molecule has 0 unspecified atom stereocenters. The van der Waals surface area contributed by atoms with Crippen LogP contribution < -0.4 is 17.2 Å². The quantitative estimate of drug-likeness (QED) is 0.845. The Bertz CT molecular complexity index is 742. The topological polar surface area (TPSA) is 90.2 Å². The van der Waals surface area contributed by atoms with Crippen molar-refractivity contribution < 1.29 is 0 Å². The second kappa shape index (κ2) is 4.93. The molecule has 4 N–H and O–H groups in total. The maximum absolute atomic E-state index is 11.8. The van der Waals surface area contributed by atoms with E-state index in [9.17, 15) is 4.79 Å². The molecule has 1 aliphatic carbocycles. The summed E-state index contributed by atoms with van der Waals surface area (Å²) in [5.41, 5.74) is 13.2. The fourth-order valence-corrected chi connectivity index (χ4v) is 3.42. The van der Waals surface area contributed by atoms with Gasteiger partial charge in [-0.15, -0.1) is 0 Å². The van der Waals surface area contributed by atoms with Crippen LogP contribution in [0.25, 0.3) is 5.69 Å². The van der Waals surface area contributed by atoms with E-state index in [0.29, 0.717) is 17.9 Å². The van der Waals surface area contributed by atoms with Gasteiger partial charge in [-0.3, -0.25) is 9.47 Å². The molecule has 6 heteroatoms. The number of piperidine rings is 1. The lowest BCUT2D eigenvalue weighted by Crippen LogP contribution is -2.27. The number of nitrogens with zero attached hydrogens (tertiary/aromatic N) is 3. The second-order valence-electron chi connectivity index (χ2n) is 6.27. The minimum atomic E-state index is -0.360. The number of rotatable bonds is 3. The fourth-order valence-electron chi connectivity index (χ4n) is 3.42. The molecule has 1 saturated carbocycles. The first-order valence-electron chi connectivity index (χ1n) is 7.54. The highest BCUT2D eigenvalue weighted by atomic mass is 16.1. The number of nitrogen functional groups attached to an aromatic ring is 1. The van der Waals surface area contributed by atoms with Crippen molar-refractivity contribution in [2.45, 2.75) is 12.6 Å². The van der Waals surface area contributed by atoms with Crippen LogP contribution in [0.15, 0.2) is 41.3 Å². The molecule has 0 amide bonds. The Labute approximate surface area is 128 Å². The number of anilines is 1. The van der Waals surface area contributed by atoms with Gasteiger partial charge < -0.3 is 11.5 Å². The number of hydrogen-bond acceptors (Lipinski definition) is 5. The van der Waals surface area contributed by atoms with Crippen LogP contribution in [0, 0.1) is 11.8 Å². The minimum Gasteiger partial charge on any atom is -0.383 e. The van der Waals surface area contributed by atoms with Gasteiger partial charge in [-0.1, -0.05) is 12.1 Å². The van der Waals surface area contributed by atoms with Crippen LogP contribution in [-0.2, 0) is 6.54 Å². The summed E-state index contributed by atoms with van der Waals surface area (Å²) < 4.78 is 1.49. The van der Waals surface area contributed by atoms with E-state index < -0.39 is 0 Å². The number of hydrogen-bond donors (Lipinski definition) is 2. The summed E-state index contributed by atoms with van der Waals surface area (Å²) >= 11 is 0. The normalized spacial score (nSPS) is 26.9. The molecular weight excluding hydrogens is 278 g/mol. The Kier molecular flexibility index (Phi) is 3.02. The van der Waals surface area contributed by atoms with Gasteiger partial charge in [-0.2, -0.15) is 4.98 Å². The van der Waals surface area contributed by atoms with Gasteiger partial charge in [0.2, 0.25) is 0 Å². The van der Waals surface area contributed by atoms with Crippen LogP contribution in [0.3, 0.4) is 0 Å². The van der Waals surface area contributed by atoms with E-state index in [1.807, 2.05) is 12.1 Å². The Morgan fingerprint density at radius 3 is 2.45 bits per heavy atom. The largest absolute Gasteiger partial charge is 0.383 e. The van der Waals surface area contributed by atoms with Gasteiger partial charge in [0.1, 0.15) is 5.82 Å². The lowest BCUT2D eigenvalue weighted by Gasteiger charge is -2.18. The molecular formula is C16H19N5O. The molecule has 1 saturated heterocycles. The van der Waals surface area contributed by atoms with Gasteiger partial charge in [-0.05, 0) is 35.6 Å². The van der Waals surface area contributed by atoms with E-state index in [-0.39, 0.29) is 11.5 Å². The van der Waals surface area contributed by atoms with Gasteiger partial charge in [0.15, 0.2) is 0 Å². The average Bonchev–Trinajstić information content (AvgIpc) is 2.92. The Hall–Kier alpha value is -2.18. The van der Waals surface area contributed by atoms with Crippen LogP contribution in [0.5, 0.6) is 0 Å². The monoisotopic (exact) mass is 297 g/mol. The van der Waals surface area contributed by atoms with Crippen molar-refractivity contribution in [2.75, 3.05) is 18.8 Å². The summed E-state index contributed by atoms with van der Waals surface area (Å²) in [5, 5.41) is 0. The summed E-state index contributed by atoms with van der Waals surface area (Å²) in [5.74, 6) is 1.65. The van der Waals surface area contributed by atoms with E-state index in [0.717, 1.165) is 25.3 Å². The lowest BCUT2D eigenvalue weighted by molar-refractivity contribution is 0.290. The maximum Gasteiger partial charge on any atom is 0.354 e. The maximum atomic E-state index is 11.8. The Morgan fingerprint density at radius 2 is 1.82 bits per heavy atom. The summed E-state index contributed by atoms with van der Waals surface area (Å²) in [4.78, 5) is 18.0. The highest BCUT2D eigenvalue weighted by Crippen LogP contribution is 2.44. The van der Waals surface area contributed by atoms with Crippen LogP contribution in [-0.4, -0.2) is 33.6 Å². The number of fused-ring (bicyclic) bond motifs is 1. The van der Waals surface area contributed by atoms with Crippen molar-refractivity contribution in [3.05, 3.63) is 52.6 Å². The molecule has 1 aromatic heterocycles. The van der Waals surface area contributed by atoms with Crippen molar-refractivity contribution in [1.82, 2.24) is 14.5 Å². The molecule has 114 valence electrons. The molecule has 1 aliphatic heterocycles. The smallest absolute Gasteiger partial charge is 0.354 e. The average molecular weight is 297 g/mol.